The summed E-state index contributed by atoms with van der Waals surface area (Å²) in [6, 6.07) is 11.4. The first-order valence-electron chi connectivity index (χ1n) is 18.2. The van der Waals surface area contributed by atoms with Crippen LogP contribution in [0.4, 0.5) is 0 Å². The van der Waals surface area contributed by atoms with Crippen molar-refractivity contribution in [3.8, 4) is 34.5 Å². The fraction of sp³-hybridized carbons (Fsp3) is 0.597. The molecule has 2 saturated carbocycles. The van der Waals surface area contributed by atoms with Crippen molar-refractivity contribution in [3.05, 3.63) is 89.5 Å². The number of aromatic hydroxyl groups is 6. The molecule has 93 heavy (non-hydrogen) atoms. The number of ether oxygens (including phenoxy) is 3. The number of carboxylic acid groups (broad SMARTS) is 2. The van der Waals surface area contributed by atoms with E-state index in [1.54, 1.807) is 0 Å². The highest BCUT2D eigenvalue weighted by Gasteiger charge is 2.53. The summed E-state index contributed by atoms with van der Waals surface area (Å²) in [6.45, 7) is 0. The van der Waals surface area contributed by atoms with Crippen LogP contribution in [-0.2, 0) is 38.2 Å². The molecule has 4 unspecified atom stereocenters. The van der Waals surface area contributed by atoms with Crippen LogP contribution in [0.3, 0.4) is 0 Å². The summed E-state index contributed by atoms with van der Waals surface area (Å²) >= 11 is 0. The number of hydrogen-bond acceptors (Lipinski definition) is 19. The van der Waals surface area contributed by atoms with Gasteiger partial charge in [0.2, 0.25) is 0 Å². The van der Waals surface area contributed by atoms with Crippen LogP contribution in [0.15, 0.2) is 72.8 Å². The molecular formula is C72H166O21. The number of aliphatic hydroxyl groups is 5. The Balaban J connectivity index is -0.0000000270. The zero-order chi connectivity index (χ0) is 46.1. The minimum atomic E-state index is -2.46. The number of aliphatic hydroxyl groups excluding tert-OH is 3. The molecule has 2 aliphatic rings. The van der Waals surface area contributed by atoms with E-state index in [1.165, 1.54) is 66.8 Å². The van der Waals surface area contributed by atoms with Crippen molar-refractivity contribution in [1.29, 1.82) is 0 Å². The Labute approximate surface area is 578 Å². The Morgan fingerprint density at radius 2 is 0.527 bits per heavy atom. The molecule has 0 amide bonds. The van der Waals surface area contributed by atoms with E-state index in [4.69, 9.17) is 19.3 Å². The van der Waals surface area contributed by atoms with Crippen LogP contribution in [-0.4, -0.2) is 144 Å². The van der Waals surface area contributed by atoms with E-state index < -0.39 is 115 Å². The van der Waals surface area contributed by atoms with Crippen LogP contribution in [0, 0.1) is 0 Å². The second-order valence-corrected chi connectivity index (χ2v) is 14.2. The summed E-state index contributed by atoms with van der Waals surface area (Å²) in [5.74, 6) is -8.49. The van der Waals surface area contributed by atoms with Gasteiger partial charge in [0.05, 0.1) is 18.3 Å². The maximum Gasteiger partial charge on any atom is 0.335 e. The maximum absolute atomic E-state index is 12.4. The predicted molar refractivity (Wildman–Crippen MR) is 416 cm³/mol. The smallest absolute Gasteiger partial charge is 0.335 e. The monoisotopic (exact) mass is 1370 g/mol. The third kappa shape index (κ3) is 51.0. The number of carbonyl (C=O) groups is 5. The maximum atomic E-state index is 12.4. The van der Waals surface area contributed by atoms with E-state index in [0.717, 1.165) is 24.3 Å². The van der Waals surface area contributed by atoms with Crippen LogP contribution in [0.2, 0.25) is 0 Å². The average Bonchev–Trinajstić information content (AvgIpc) is 3.19. The van der Waals surface area contributed by atoms with Crippen LogP contribution < -0.4 is 0 Å². The van der Waals surface area contributed by atoms with Gasteiger partial charge in [0.15, 0.2) is 57.9 Å². The molecule has 2 aliphatic carbocycles. The van der Waals surface area contributed by atoms with Gasteiger partial charge >= 0.3 is 29.8 Å². The van der Waals surface area contributed by atoms with Crippen LogP contribution in [0.1, 0.15) is 273 Å². The molecule has 0 heterocycles. The molecule has 21 heteroatoms. The molecule has 0 saturated heterocycles. The number of carbonyl (C=O) groups excluding carboxylic acids is 3. The molecule has 6 atom stereocenters. The van der Waals surface area contributed by atoms with Gasteiger partial charge in [-0.05, 0) is 71.3 Å². The number of phenols is 6. The molecule has 5 rings (SSSR count). The van der Waals surface area contributed by atoms with Crippen molar-refractivity contribution in [2.75, 3.05) is 0 Å². The van der Waals surface area contributed by atoms with E-state index in [0.29, 0.717) is 16.7 Å². The van der Waals surface area contributed by atoms with Gasteiger partial charge in [0.25, 0.3) is 0 Å². The lowest BCUT2D eigenvalue weighted by Crippen LogP contribution is -2.58. The molecule has 3 aromatic rings. The van der Waals surface area contributed by atoms with E-state index in [1.807, 2.05) is 0 Å². The van der Waals surface area contributed by atoms with Gasteiger partial charge in [-0.3, -0.25) is 0 Å². The molecule has 0 aliphatic heterocycles. The van der Waals surface area contributed by atoms with Crippen molar-refractivity contribution in [2.24, 2.45) is 0 Å². The Morgan fingerprint density at radius 1 is 0.323 bits per heavy atom. The summed E-state index contributed by atoms with van der Waals surface area (Å²) in [7, 11) is 0. The van der Waals surface area contributed by atoms with Gasteiger partial charge in [0, 0.05) is 43.9 Å². The van der Waals surface area contributed by atoms with E-state index in [-0.39, 0.29) is 253 Å². The van der Waals surface area contributed by atoms with Crippen molar-refractivity contribution in [3.63, 3.8) is 0 Å². The molecule has 21 nitrogen and oxygen atoms in total. The number of carboxylic acids is 2. The summed E-state index contributed by atoms with van der Waals surface area (Å²) < 4.78 is 15.3. The lowest BCUT2D eigenvalue weighted by molar-refractivity contribution is -0.204. The van der Waals surface area contributed by atoms with Gasteiger partial charge in [-0.15, -0.1) is 0 Å². The van der Waals surface area contributed by atoms with Crippen molar-refractivity contribution < 1.29 is 105 Å². The van der Waals surface area contributed by atoms with Crippen LogP contribution in [0.25, 0.3) is 18.2 Å². The van der Waals surface area contributed by atoms with Crippen LogP contribution >= 0.6 is 0 Å². The van der Waals surface area contributed by atoms with E-state index in [2.05, 4.69) is 0 Å². The van der Waals surface area contributed by atoms with E-state index >= 15 is 0 Å². The molecule has 0 bridgehead atoms. The Bertz CT molecular complexity index is 2250. The summed E-state index contributed by atoms with van der Waals surface area (Å²) in [4.78, 5) is 59.1. The molecule has 0 radical (unpaired) electrons. The van der Waals surface area contributed by atoms with E-state index in [9.17, 15) is 85.3 Å². The van der Waals surface area contributed by atoms with Gasteiger partial charge in [-0.25, -0.2) is 24.0 Å². The SMILES string of the molecule is C.C.C.C.C.C.C.C.C.C.C.C.C.C.C.C.C.C.C.C.C.C.C.C.C.C.C.C.C.C.C.O=C(/C=C/c1ccc(O)c(O)c1)OC1C(O)CC(O)(C(=O)O)CC1O.O=C(/C=C/c1ccc(O)c(O)c1)OC1C[C@@](O)(C(=O)O)CC(O)[C@@H]1OC(=O)/C=C/c1ccc(O)c(O)c1. The van der Waals surface area contributed by atoms with Crippen LogP contribution in [0.5, 0.6) is 34.5 Å². The number of aliphatic carboxylic acids is 2. The minimum absolute atomic E-state index is 0. The lowest BCUT2D eigenvalue weighted by atomic mass is 9.79. The minimum Gasteiger partial charge on any atom is -0.504 e. The first kappa shape index (κ1) is 185. The van der Waals surface area contributed by atoms with Crippen molar-refractivity contribution in [1.82, 2.24) is 0 Å². The average molecular weight is 1370 g/mol. The normalized spacial score (nSPS) is 17.3. The number of hydrogen-bond donors (Lipinski definition) is 13. The van der Waals surface area contributed by atoms with Crippen molar-refractivity contribution in [2.45, 2.75) is 304 Å². The molecule has 580 valence electrons. The number of benzene rings is 3. The van der Waals surface area contributed by atoms with Gasteiger partial charge in [-0.2, -0.15) is 0 Å². The Hall–Kier alpha value is -7.17. The molecular weight excluding hydrogens is 1200 g/mol. The summed E-state index contributed by atoms with van der Waals surface area (Å²) in [6.07, 6.45) is -5.29. The highest BCUT2D eigenvalue weighted by Crippen LogP contribution is 2.35. The topological polar surface area (TPSA) is 376 Å². The van der Waals surface area contributed by atoms with Crippen molar-refractivity contribution >= 4 is 48.1 Å². The number of phenolic OH excluding ortho intramolecular Hbond substituents is 6. The molecule has 2 fully saturated rings. The zero-order valence-corrected chi connectivity index (χ0v) is 32.0. The predicted octanol–water partition coefficient (Wildman–Crippen LogP) is 20.1. The quantitative estimate of drug-likeness (QED) is 0.0367. The fourth-order valence-corrected chi connectivity index (χ4v) is 6.24. The first-order chi connectivity index (χ1) is 29.0. The van der Waals surface area contributed by atoms with Gasteiger partial charge in [0.1, 0.15) is 6.10 Å². The fourth-order valence-electron chi connectivity index (χ4n) is 6.24. The number of esters is 3. The third-order valence-electron chi connectivity index (χ3n) is 9.49. The highest BCUT2D eigenvalue weighted by molar-refractivity contribution is 5.89. The molecule has 13 N–H and O–H groups in total. The zero-order valence-electron chi connectivity index (χ0n) is 32.0. The number of rotatable bonds is 11. The molecule has 3 aromatic carbocycles. The highest BCUT2D eigenvalue weighted by atomic mass is 16.6. The Kier molecular flexibility index (Phi) is 157. The standard InChI is InChI=1S/C25H24O12.C16H18O9.31CH4/c26-15-5-1-13(9-17(15)28)3-7-21(31)36-20-12-25(35,24(33)34)11-19(30)23(20)37-22(32)8-4-14-2-6-16(27)18(29)10-14;17-9-3-1-8(5-10(9)18)2-4-13(21)25-14-11(19)6-16(24,15(22)23)7-12(14)20;;;;;;;;;;;;;;;;;;;;;;;;;;;;;;;/h1-10,19-20,23,26-30,35H,11-12H2,(H,33,34);1-5,11-12,14,17-20,24H,6-7H2,(H,22,23);31*1H4/b7-3+,8-4+;4-2+;;;;;;;;;;;;;;;;;;;;;;;;;;;;;;;/t19?,20?,23-,25+;;;;;;;;;;;;;;;;;;;;;;;;;;;;;;;;/m0................................/s1. The second kappa shape index (κ2) is 79.1. The largest absolute Gasteiger partial charge is 0.504 e. The Morgan fingerprint density at radius 3 is 0.753 bits per heavy atom. The third-order valence-corrected chi connectivity index (χ3v) is 9.49. The van der Waals surface area contributed by atoms with Gasteiger partial charge in [-0.1, -0.05) is 248 Å². The van der Waals surface area contributed by atoms with Gasteiger partial charge < -0.3 is 80.6 Å². The molecule has 0 aromatic heterocycles. The first-order valence-corrected chi connectivity index (χ1v) is 18.2. The summed E-state index contributed by atoms with van der Waals surface area (Å²) in [5, 5.41) is 125. The second-order valence-electron chi connectivity index (χ2n) is 14.2. The summed E-state index contributed by atoms with van der Waals surface area (Å²) in [5.41, 5.74) is -3.73. The lowest BCUT2D eigenvalue weighted by Gasteiger charge is -2.40. The molecule has 0 spiro atoms.